The van der Waals surface area contributed by atoms with Crippen molar-refractivity contribution in [3.8, 4) is 34.8 Å². The minimum atomic E-state index is -1.13. The Hall–Kier alpha value is -4.20. The number of nitrogens with one attached hydrogen (secondary N) is 1. The molecule has 1 N–H and O–H groups in total. The Morgan fingerprint density at radius 2 is 1.86 bits per heavy atom. The Balaban J connectivity index is 1.73. The lowest BCUT2D eigenvalue weighted by Crippen LogP contribution is -2.33. The topological polar surface area (TPSA) is 119 Å². The molecule has 4 rings (SSSR count). The molecule has 9 nitrogen and oxygen atoms in total. The first-order valence-electron chi connectivity index (χ1n) is 7.67. The summed E-state index contributed by atoms with van der Waals surface area (Å²) in [5.74, 6) is -2.05. The summed E-state index contributed by atoms with van der Waals surface area (Å²) in [6.45, 7) is 0.0296. The molecular formula is C17H8F2N4O5. The standard InChI is InChI=1S/C17H8F2N4O5/c18-10-3-8(23-17(25)21-16(24)12(6-20)22-23)4-11(19)15(10)28-9-1-2-13-14(5-9)27-7-26-13/h1-5H,7H2,(H,21,24,25). The molecule has 1 aliphatic rings. The molecule has 11 heteroatoms. The van der Waals surface area contributed by atoms with Crippen LogP contribution in [0, 0.1) is 23.0 Å². The van der Waals surface area contributed by atoms with Gasteiger partial charge in [0.1, 0.15) is 11.8 Å². The number of aromatic nitrogens is 3. The van der Waals surface area contributed by atoms with E-state index in [4.69, 9.17) is 19.5 Å². The number of benzene rings is 2. The van der Waals surface area contributed by atoms with Gasteiger partial charge in [-0.1, -0.05) is 0 Å². The summed E-state index contributed by atoms with van der Waals surface area (Å²) < 4.78 is 44.9. The molecule has 0 fully saturated rings. The average molecular weight is 386 g/mol. The highest BCUT2D eigenvalue weighted by atomic mass is 19.1. The van der Waals surface area contributed by atoms with Gasteiger partial charge in [0.15, 0.2) is 28.9 Å². The largest absolute Gasteiger partial charge is 0.454 e. The second-order valence-corrected chi connectivity index (χ2v) is 5.49. The number of fused-ring (bicyclic) bond motifs is 1. The van der Waals surface area contributed by atoms with E-state index >= 15 is 0 Å². The second kappa shape index (κ2) is 6.51. The van der Waals surface area contributed by atoms with E-state index in [0.29, 0.717) is 16.2 Å². The number of hydrogen-bond acceptors (Lipinski definition) is 7. The molecule has 2 heterocycles. The third-order valence-electron chi connectivity index (χ3n) is 3.73. The van der Waals surface area contributed by atoms with Gasteiger partial charge in [0.25, 0.3) is 5.56 Å². The molecule has 0 saturated carbocycles. The van der Waals surface area contributed by atoms with Crippen molar-refractivity contribution in [3.63, 3.8) is 0 Å². The number of rotatable bonds is 3. The highest BCUT2D eigenvalue weighted by Gasteiger charge is 2.19. The summed E-state index contributed by atoms with van der Waals surface area (Å²) >= 11 is 0. The Bertz CT molecular complexity index is 1240. The van der Waals surface area contributed by atoms with Crippen LogP contribution < -0.4 is 25.5 Å². The van der Waals surface area contributed by atoms with E-state index in [9.17, 15) is 18.4 Å². The Morgan fingerprint density at radius 1 is 1.14 bits per heavy atom. The maximum atomic E-state index is 14.4. The minimum absolute atomic E-state index is 0.0296. The van der Waals surface area contributed by atoms with Gasteiger partial charge in [-0.15, -0.1) is 5.10 Å². The van der Waals surface area contributed by atoms with Crippen LogP contribution >= 0.6 is 0 Å². The van der Waals surface area contributed by atoms with Gasteiger partial charge in [-0.25, -0.2) is 13.6 Å². The van der Waals surface area contributed by atoms with Gasteiger partial charge < -0.3 is 14.2 Å². The molecule has 2 aromatic carbocycles. The van der Waals surface area contributed by atoms with Crippen molar-refractivity contribution < 1.29 is 23.0 Å². The van der Waals surface area contributed by atoms with Gasteiger partial charge in [-0.2, -0.15) is 9.94 Å². The van der Waals surface area contributed by atoms with E-state index in [1.54, 1.807) is 0 Å². The number of nitriles is 1. The van der Waals surface area contributed by atoms with E-state index in [1.165, 1.54) is 24.3 Å². The lowest BCUT2D eigenvalue weighted by Gasteiger charge is -2.11. The highest BCUT2D eigenvalue weighted by molar-refractivity contribution is 5.49. The summed E-state index contributed by atoms with van der Waals surface area (Å²) in [5, 5.41) is 12.3. The minimum Gasteiger partial charge on any atom is -0.454 e. The first kappa shape index (κ1) is 17.2. The zero-order valence-corrected chi connectivity index (χ0v) is 13.7. The maximum Gasteiger partial charge on any atom is 0.349 e. The van der Waals surface area contributed by atoms with Gasteiger partial charge in [-0.3, -0.25) is 9.78 Å². The Kier molecular flexibility index (Phi) is 4.00. The quantitative estimate of drug-likeness (QED) is 0.726. The highest BCUT2D eigenvalue weighted by Crippen LogP contribution is 2.37. The molecule has 0 saturated heterocycles. The molecule has 0 atom stereocenters. The van der Waals surface area contributed by atoms with Crippen molar-refractivity contribution in [1.29, 1.82) is 5.26 Å². The molecule has 0 unspecified atom stereocenters. The smallest absolute Gasteiger partial charge is 0.349 e. The number of aromatic amines is 1. The molecule has 1 aromatic heterocycles. The van der Waals surface area contributed by atoms with E-state index in [2.05, 4.69) is 5.10 Å². The Labute approximate surface area is 153 Å². The fourth-order valence-corrected chi connectivity index (χ4v) is 2.47. The first-order valence-corrected chi connectivity index (χ1v) is 7.67. The van der Waals surface area contributed by atoms with E-state index < -0.39 is 34.3 Å². The van der Waals surface area contributed by atoms with E-state index in [-0.39, 0.29) is 18.2 Å². The maximum absolute atomic E-state index is 14.4. The van der Waals surface area contributed by atoms with Crippen LogP contribution in [0.25, 0.3) is 5.69 Å². The predicted octanol–water partition coefficient (Wildman–Crippen LogP) is 1.59. The van der Waals surface area contributed by atoms with Crippen LogP contribution in [0.3, 0.4) is 0 Å². The molecular weight excluding hydrogens is 378 g/mol. The van der Waals surface area contributed by atoms with Crippen molar-refractivity contribution in [3.05, 3.63) is 68.5 Å². The average Bonchev–Trinajstić information content (AvgIpc) is 3.12. The van der Waals surface area contributed by atoms with Crippen LogP contribution in [-0.2, 0) is 0 Å². The van der Waals surface area contributed by atoms with Gasteiger partial charge in [0.05, 0.1) is 5.69 Å². The summed E-state index contributed by atoms with van der Waals surface area (Å²) in [6.07, 6.45) is 0. The van der Waals surface area contributed by atoms with Crippen molar-refractivity contribution >= 4 is 0 Å². The number of ether oxygens (including phenoxy) is 3. The number of H-pyrrole nitrogens is 1. The first-order chi connectivity index (χ1) is 13.5. The summed E-state index contributed by atoms with van der Waals surface area (Å²) in [4.78, 5) is 25.1. The van der Waals surface area contributed by atoms with Crippen LogP contribution in [0.2, 0.25) is 0 Å². The molecule has 0 amide bonds. The fraction of sp³-hybridized carbons (Fsp3) is 0.0588. The van der Waals surface area contributed by atoms with Gasteiger partial charge >= 0.3 is 5.69 Å². The van der Waals surface area contributed by atoms with Crippen LogP contribution in [0.1, 0.15) is 5.69 Å². The number of halogens is 2. The molecule has 1 aliphatic heterocycles. The molecule has 28 heavy (non-hydrogen) atoms. The molecule has 0 bridgehead atoms. The van der Waals surface area contributed by atoms with Crippen molar-refractivity contribution in [2.45, 2.75) is 0 Å². The molecule has 0 spiro atoms. The molecule has 3 aromatic rings. The fourth-order valence-electron chi connectivity index (χ4n) is 2.47. The third kappa shape index (κ3) is 2.92. The van der Waals surface area contributed by atoms with Crippen molar-refractivity contribution in [2.75, 3.05) is 6.79 Å². The summed E-state index contributed by atoms with van der Waals surface area (Å²) in [7, 11) is 0. The van der Waals surface area contributed by atoms with Crippen molar-refractivity contribution in [2.24, 2.45) is 0 Å². The lowest BCUT2D eigenvalue weighted by molar-refractivity contribution is 0.174. The van der Waals surface area contributed by atoms with Gasteiger partial charge in [0, 0.05) is 18.2 Å². The van der Waals surface area contributed by atoms with Gasteiger partial charge in [-0.05, 0) is 12.1 Å². The Morgan fingerprint density at radius 3 is 2.57 bits per heavy atom. The normalized spacial score (nSPS) is 11.9. The summed E-state index contributed by atoms with van der Waals surface area (Å²) in [5.41, 5.74) is -3.05. The van der Waals surface area contributed by atoms with Crippen molar-refractivity contribution in [1.82, 2.24) is 14.8 Å². The number of hydrogen-bond donors (Lipinski definition) is 1. The second-order valence-electron chi connectivity index (χ2n) is 5.49. The van der Waals surface area contributed by atoms with Crippen LogP contribution in [0.4, 0.5) is 8.78 Å². The van der Waals surface area contributed by atoms with Crippen LogP contribution in [0.15, 0.2) is 39.9 Å². The van der Waals surface area contributed by atoms with Crippen LogP contribution in [-0.4, -0.2) is 21.6 Å². The SMILES string of the molecule is N#Cc1nn(-c2cc(F)c(Oc3ccc4c(c3)OCO4)c(F)c2)c(=O)[nH]c1=O. The third-order valence-corrected chi connectivity index (χ3v) is 3.73. The lowest BCUT2D eigenvalue weighted by atomic mass is 10.2. The zero-order valence-electron chi connectivity index (χ0n) is 13.7. The number of nitrogens with zero attached hydrogens (tertiary/aromatic N) is 3. The zero-order chi connectivity index (χ0) is 19.8. The van der Waals surface area contributed by atoms with E-state index in [0.717, 1.165) is 12.1 Å². The predicted molar refractivity (Wildman–Crippen MR) is 87.7 cm³/mol. The molecule has 140 valence electrons. The molecule has 0 radical (unpaired) electrons. The molecule has 0 aliphatic carbocycles. The van der Waals surface area contributed by atoms with Crippen LogP contribution in [0.5, 0.6) is 23.0 Å². The summed E-state index contributed by atoms with van der Waals surface area (Å²) in [6, 6.07) is 7.40. The van der Waals surface area contributed by atoms with Gasteiger partial charge in [0.2, 0.25) is 12.5 Å². The van der Waals surface area contributed by atoms with E-state index in [1.807, 2.05) is 4.98 Å². The monoisotopic (exact) mass is 386 g/mol.